The molecule has 6 nitrogen and oxygen atoms in total. The second-order valence-electron chi connectivity index (χ2n) is 5.63. The lowest BCUT2D eigenvalue weighted by atomic mass is 10.2. The quantitative estimate of drug-likeness (QED) is 0.545. The number of pyridine rings is 2. The van der Waals surface area contributed by atoms with E-state index >= 15 is 0 Å². The van der Waals surface area contributed by atoms with Gasteiger partial charge in [-0.05, 0) is 42.6 Å². The molecule has 0 atom stereocenters. The Labute approximate surface area is 164 Å². The Kier molecular flexibility index (Phi) is 4.66. The first-order valence-corrected chi connectivity index (χ1v) is 9.19. The number of rotatable bonds is 3. The normalized spacial score (nSPS) is 15.6. The fraction of sp³-hybridized carbons (Fsp3) is 0. The number of amides is 2. The van der Waals surface area contributed by atoms with Gasteiger partial charge in [0.2, 0.25) is 0 Å². The van der Waals surface area contributed by atoms with E-state index in [4.69, 9.17) is 12.2 Å². The Morgan fingerprint density at radius 2 is 2.00 bits per heavy atom. The summed E-state index contributed by atoms with van der Waals surface area (Å²) in [6, 6.07) is 14.8. The lowest BCUT2D eigenvalue weighted by Gasteiger charge is -2.15. The zero-order valence-electron chi connectivity index (χ0n) is 13.8. The number of benzene rings is 1. The molecular weight excluding hydrogens is 380 g/mol. The minimum Gasteiger partial charge on any atom is -0.267 e. The van der Waals surface area contributed by atoms with Gasteiger partial charge in [0.15, 0.2) is 4.32 Å². The van der Waals surface area contributed by atoms with Gasteiger partial charge in [0, 0.05) is 17.8 Å². The summed E-state index contributed by atoms with van der Waals surface area (Å²) in [7, 11) is 0. The third-order valence-corrected chi connectivity index (χ3v) is 5.13. The predicted molar refractivity (Wildman–Crippen MR) is 108 cm³/mol. The Morgan fingerprint density at radius 1 is 1.15 bits per heavy atom. The number of hydrogen-bond donors (Lipinski definition) is 1. The summed E-state index contributed by atoms with van der Waals surface area (Å²) in [5.41, 5.74) is 4.35. The molecule has 4 rings (SSSR count). The minimum atomic E-state index is -0.454. The van der Waals surface area contributed by atoms with E-state index in [-0.39, 0.29) is 4.32 Å². The van der Waals surface area contributed by atoms with Gasteiger partial charge in [-0.2, -0.15) is 5.01 Å². The van der Waals surface area contributed by atoms with Crippen molar-refractivity contribution in [2.24, 2.45) is 0 Å². The van der Waals surface area contributed by atoms with Crippen molar-refractivity contribution in [2.75, 3.05) is 0 Å². The topological polar surface area (TPSA) is 75.2 Å². The maximum Gasteiger partial charge on any atom is 0.285 e. The van der Waals surface area contributed by atoms with E-state index in [1.165, 1.54) is 6.20 Å². The molecule has 0 saturated carbocycles. The first kappa shape index (κ1) is 17.3. The largest absolute Gasteiger partial charge is 0.285 e. The van der Waals surface area contributed by atoms with Crippen LogP contribution in [-0.4, -0.2) is 31.1 Å². The molecule has 0 spiro atoms. The van der Waals surface area contributed by atoms with Crippen molar-refractivity contribution < 1.29 is 9.59 Å². The molecule has 1 saturated heterocycles. The number of carbonyl (C=O) groups is 2. The summed E-state index contributed by atoms with van der Waals surface area (Å²) >= 11 is 6.35. The van der Waals surface area contributed by atoms with Crippen molar-refractivity contribution in [1.82, 2.24) is 20.4 Å². The van der Waals surface area contributed by atoms with Crippen LogP contribution in [0.3, 0.4) is 0 Å². The third-order valence-electron chi connectivity index (χ3n) is 3.83. The summed E-state index contributed by atoms with van der Waals surface area (Å²) in [6.45, 7) is 0. The number of hydrogen-bond acceptors (Lipinski definition) is 6. The molecule has 27 heavy (non-hydrogen) atoms. The first-order chi connectivity index (χ1) is 13.1. The molecule has 0 bridgehead atoms. The Morgan fingerprint density at radius 3 is 2.81 bits per heavy atom. The summed E-state index contributed by atoms with van der Waals surface area (Å²) in [4.78, 5) is 33.7. The smallest absolute Gasteiger partial charge is 0.267 e. The molecule has 1 fully saturated rings. The van der Waals surface area contributed by atoms with E-state index in [1.54, 1.807) is 24.4 Å². The molecule has 1 aliphatic rings. The van der Waals surface area contributed by atoms with Gasteiger partial charge < -0.3 is 0 Å². The van der Waals surface area contributed by atoms with Crippen molar-refractivity contribution in [3.8, 4) is 0 Å². The highest BCUT2D eigenvalue weighted by Gasteiger charge is 2.33. The van der Waals surface area contributed by atoms with Crippen LogP contribution in [-0.2, 0) is 4.79 Å². The number of carbonyl (C=O) groups excluding carboxylic acids is 2. The van der Waals surface area contributed by atoms with Crippen LogP contribution in [0.1, 0.15) is 16.1 Å². The molecule has 1 aliphatic heterocycles. The fourth-order valence-electron chi connectivity index (χ4n) is 2.52. The second-order valence-corrected chi connectivity index (χ2v) is 7.30. The average molecular weight is 392 g/mol. The maximum atomic E-state index is 12.6. The first-order valence-electron chi connectivity index (χ1n) is 7.96. The molecule has 2 aromatic heterocycles. The molecule has 0 aliphatic carbocycles. The number of thiocarbonyl (C=S) groups is 1. The highest BCUT2D eigenvalue weighted by molar-refractivity contribution is 8.26. The van der Waals surface area contributed by atoms with Crippen LogP contribution in [0.5, 0.6) is 0 Å². The van der Waals surface area contributed by atoms with E-state index in [2.05, 4.69) is 15.4 Å². The van der Waals surface area contributed by atoms with Gasteiger partial charge in [-0.1, -0.05) is 36.0 Å². The van der Waals surface area contributed by atoms with Crippen molar-refractivity contribution in [3.05, 3.63) is 77.1 Å². The Bertz CT molecular complexity index is 1100. The van der Waals surface area contributed by atoms with E-state index in [0.29, 0.717) is 16.2 Å². The minimum absolute atomic E-state index is 0.254. The van der Waals surface area contributed by atoms with Crippen LogP contribution in [0.25, 0.3) is 17.0 Å². The van der Waals surface area contributed by atoms with E-state index in [9.17, 15) is 9.59 Å². The fourth-order valence-corrected chi connectivity index (χ4v) is 3.69. The van der Waals surface area contributed by atoms with Crippen molar-refractivity contribution in [2.45, 2.75) is 0 Å². The molecule has 3 heterocycles. The molecule has 2 amide bonds. The van der Waals surface area contributed by atoms with Gasteiger partial charge in [0.1, 0.15) is 0 Å². The van der Waals surface area contributed by atoms with Crippen LogP contribution in [0.4, 0.5) is 0 Å². The summed E-state index contributed by atoms with van der Waals surface area (Å²) in [5, 5.41) is 2.09. The highest BCUT2D eigenvalue weighted by atomic mass is 32.2. The van der Waals surface area contributed by atoms with Crippen molar-refractivity contribution >= 4 is 57.1 Å². The number of aromatic nitrogens is 2. The van der Waals surface area contributed by atoms with Gasteiger partial charge in [-0.3, -0.25) is 20.0 Å². The molecule has 132 valence electrons. The van der Waals surface area contributed by atoms with Crippen LogP contribution >= 0.6 is 24.0 Å². The molecule has 8 heteroatoms. The lowest BCUT2D eigenvalue weighted by Crippen LogP contribution is -2.44. The van der Waals surface area contributed by atoms with Crippen LogP contribution in [0.15, 0.2) is 65.8 Å². The third kappa shape index (κ3) is 3.57. The van der Waals surface area contributed by atoms with Crippen molar-refractivity contribution in [3.63, 3.8) is 0 Å². The molecule has 0 unspecified atom stereocenters. The van der Waals surface area contributed by atoms with Crippen LogP contribution < -0.4 is 5.43 Å². The number of para-hydroxylation sites is 1. The van der Waals surface area contributed by atoms with E-state index in [1.807, 2.05) is 36.4 Å². The SMILES string of the molecule is O=C(NN1C(=O)/C(=C/c2ccc3ccccc3n2)SC1=S)c1cccnc1. The lowest BCUT2D eigenvalue weighted by molar-refractivity contribution is -0.123. The highest BCUT2D eigenvalue weighted by Crippen LogP contribution is 2.31. The number of nitrogens with zero attached hydrogens (tertiary/aromatic N) is 3. The number of hydrazine groups is 1. The molecule has 1 N–H and O–H groups in total. The number of fused-ring (bicyclic) bond motifs is 1. The Balaban J connectivity index is 1.56. The van der Waals surface area contributed by atoms with Crippen molar-refractivity contribution in [1.29, 1.82) is 0 Å². The zero-order chi connectivity index (χ0) is 18.8. The van der Waals surface area contributed by atoms with Gasteiger partial charge in [0.05, 0.1) is 21.7 Å². The molecular formula is C19H12N4O2S2. The average Bonchev–Trinajstić information content (AvgIpc) is 2.96. The number of thioether (sulfide) groups is 1. The Hall–Kier alpha value is -3.10. The molecule has 1 aromatic carbocycles. The van der Waals surface area contributed by atoms with Gasteiger partial charge in [-0.25, -0.2) is 4.98 Å². The van der Waals surface area contributed by atoms with Crippen LogP contribution in [0.2, 0.25) is 0 Å². The standard InChI is InChI=1S/C19H12N4O2S2/c24-17(13-5-3-9-20-11-13)22-23-18(25)16(27-19(23)26)10-14-8-7-12-4-1-2-6-15(12)21-14/h1-11H,(H,22,24)/b16-10-. The number of nitrogens with one attached hydrogen (secondary N) is 1. The molecule has 0 radical (unpaired) electrons. The summed E-state index contributed by atoms with van der Waals surface area (Å²) in [6.07, 6.45) is 4.65. The van der Waals surface area contributed by atoms with Gasteiger partial charge in [-0.15, -0.1) is 0 Å². The van der Waals surface area contributed by atoms with Gasteiger partial charge in [0.25, 0.3) is 11.8 Å². The van der Waals surface area contributed by atoms with Gasteiger partial charge >= 0.3 is 0 Å². The second kappa shape index (κ2) is 7.26. The van der Waals surface area contributed by atoms with E-state index < -0.39 is 11.8 Å². The predicted octanol–water partition coefficient (Wildman–Crippen LogP) is 3.18. The monoisotopic (exact) mass is 392 g/mol. The zero-order valence-corrected chi connectivity index (χ0v) is 15.5. The van der Waals surface area contributed by atoms with Crippen LogP contribution in [0, 0.1) is 0 Å². The van der Waals surface area contributed by atoms with E-state index in [0.717, 1.165) is 27.7 Å². The maximum absolute atomic E-state index is 12.6. The summed E-state index contributed by atoms with van der Waals surface area (Å²) in [5.74, 6) is -0.846. The summed E-state index contributed by atoms with van der Waals surface area (Å²) < 4.78 is 0.254. The molecule has 3 aromatic rings.